The first kappa shape index (κ1) is 12.2. The van der Waals surface area contributed by atoms with Crippen molar-refractivity contribution < 1.29 is 14.3 Å². The lowest BCUT2D eigenvalue weighted by molar-refractivity contribution is -0.762. The van der Waals surface area contributed by atoms with Gasteiger partial charge in [0, 0.05) is 11.2 Å². The van der Waals surface area contributed by atoms with E-state index in [1.54, 1.807) is 17.8 Å². The van der Waals surface area contributed by atoms with Gasteiger partial charge in [0.05, 0.1) is 0 Å². The fourth-order valence-electron chi connectivity index (χ4n) is 0.941. The number of hydrogen-bond donors (Lipinski definition) is 0. The largest absolute Gasteiger partial charge is 0.861 e. The lowest BCUT2D eigenvalue weighted by Crippen LogP contribution is -2.34. The van der Waals surface area contributed by atoms with Crippen molar-refractivity contribution in [2.45, 2.75) is 38.1 Å². The number of alkyl halides is 1. The second-order valence-corrected chi connectivity index (χ2v) is 4.60. The number of nitrogens with zero attached hydrogens (tertiary/aromatic N) is 3. The van der Waals surface area contributed by atoms with Gasteiger partial charge in [0.15, 0.2) is 6.54 Å². The highest BCUT2D eigenvalue weighted by Gasteiger charge is 2.09. The number of aromatic nitrogens is 2. The molecule has 1 rings (SSSR count). The third-order valence-electron chi connectivity index (χ3n) is 1.80. The summed E-state index contributed by atoms with van der Waals surface area (Å²) >= 11 is 3.13. The van der Waals surface area contributed by atoms with Gasteiger partial charge in [-0.25, -0.2) is 4.99 Å². The molecule has 0 bridgehead atoms. The molecule has 0 saturated carbocycles. The summed E-state index contributed by atoms with van der Waals surface area (Å²) in [6, 6.07) is 0. The van der Waals surface area contributed by atoms with Crippen LogP contribution in [-0.2, 0) is 6.54 Å². The van der Waals surface area contributed by atoms with E-state index in [4.69, 9.17) is 4.52 Å². The van der Waals surface area contributed by atoms with E-state index in [0.717, 1.165) is 19.4 Å². The van der Waals surface area contributed by atoms with Gasteiger partial charge in [-0.05, 0) is 12.8 Å². The van der Waals surface area contributed by atoms with Gasteiger partial charge in [0.2, 0.25) is 5.27 Å². The molecule has 0 N–H and O–H groups in total. The first-order chi connectivity index (χ1) is 7.13. The summed E-state index contributed by atoms with van der Waals surface area (Å²) in [6.45, 7) is 4.60. The van der Waals surface area contributed by atoms with Gasteiger partial charge in [-0.15, -0.1) is 0 Å². The second kappa shape index (κ2) is 5.85. The fourth-order valence-corrected chi connectivity index (χ4v) is 1.04. The molecule has 0 spiro atoms. The van der Waals surface area contributed by atoms with Crippen molar-refractivity contribution in [3.8, 4) is 0 Å². The Morgan fingerprint density at radius 1 is 1.80 bits per heavy atom. The molecule has 0 aliphatic carbocycles. The molecule has 6 heteroatoms. The number of aliphatic imine (C=N–C) groups is 1. The molecule has 0 fully saturated rings. The SMILES string of the molecule is CCCC[n+]1cc(/N=C(\[O-])C(C)Br)on1. The van der Waals surface area contributed by atoms with E-state index in [1.807, 2.05) is 0 Å². The summed E-state index contributed by atoms with van der Waals surface area (Å²) in [5.74, 6) is -0.0174. The molecular formula is C9H14BrN3O2. The quantitative estimate of drug-likeness (QED) is 0.348. The predicted octanol–water partition coefficient (Wildman–Crippen LogP) is 0.936. The molecule has 15 heavy (non-hydrogen) atoms. The number of hydrogen-bond acceptors (Lipinski definition) is 4. The van der Waals surface area contributed by atoms with E-state index < -0.39 is 0 Å². The standard InChI is InChI=1S/C9H14BrN3O2/c1-3-4-5-13-6-8(15-12-13)11-9(14)7(2)10/h6-7H,3-5H2,1-2H3. The Bertz CT molecular complexity index is 336. The van der Waals surface area contributed by atoms with Crippen LogP contribution in [-0.4, -0.2) is 16.0 Å². The van der Waals surface area contributed by atoms with E-state index >= 15 is 0 Å². The Kier molecular flexibility index (Phi) is 4.74. The van der Waals surface area contributed by atoms with Gasteiger partial charge in [0.25, 0.3) is 6.20 Å². The molecule has 0 aliphatic rings. The molecule has 1 heterocycles. The average molecular weight is 276 g/mol. The molecule has 0 saturated heterocycles. The van der Waals surface area contributed by atoms with Crippen LogP contribution in [0.5, 0.6) is 0 Å². The zero-order chi connectivity index (χ0) is 11.3. The summed E-state index contributed by atoms with van der Waals surface area (Å²) in [4.78, 5) is 3.45. The zero-order valence-electron chi connectivity index (χ0n) is 8.81. The summed E-state index contributed by atoms with van der Waals surface area (Å²) < 4.78 is 6.53. The van der Waals surface area contributed by atoms with Crippen LogP contribution in [0.4, 0.5) is 5.88 Å². The van der Waals surface area contributed by atoms with Crippen molar-refractivity contribution in [1.82, 2.24) is 5.27 Å². The molecule has 1 atom stereocenters. The van der Waals surface area contributed by atoms with Crippen molar-refractivity contribution in [3.05, 3.63) is 6.20 Å². The number of halogens is 1. The predicted molar refractivity (Wildman–Crippen MR) is 57.1 cm³/mol. The average Bonchev–Trinajstić information content (AvgIpc) is 2.62. The Balaban J connectivity index is 2.63. The number of rotatable bonds is 5. The van der Waals surface area contributed by atoms with E-state index in [0.29, 0.717) is 0 Å². The molecule has 84 valence electrons. The Morgan fingerprint density at radius 3 is 3.13 bits per heavy atom. The Labute approximate surface area is 96.9 Å². The molecule has 0 radical (unpaired) electrons. The zero-order valence-corrected chi connectivity index (χ0v) is 10.4. The summed E-state index contributed by atoms with van der Waals surface area (Å²) in [7, 11) is 0. The van der Waals surface area contributed by atoms with Crippen LogP contribution in [0.25, 0.3) is 0 Å². The van der Waals surface area contributed by atoms with Crippen LogP contribution >= 0.6 is 15.9 Å². The fraction of sp³-hybridized carbons (Fsp3) is 0.667. The monoisotopic (exact) mass is 275 g/mol. The molecular weight excluding hydrogens is 262 g/mol. The van der Waals surface area contributed by atoms with Crippen molar-refractivity contribution >= 4 is 27.7 Å². The maximum absolute atomic E-state index is 11.2. The summed E-state index contributed by atoms with van der Waals surface area (Å²) in [5, 5.41) is 15.0. The van der Waals surface area contributed by atoms with E-state index in [9.17, 15) is 5.11 Å². The minimum atomic E-state index is -0.299. The highest BCUT2D eigenvalue weighted by atomic mass is 79.9. The number of aryl methyl sites for hydroxylation is 1. The molecule has 1 aromatic rings. The van der Waals surface area contributed by atoms with Gasteiger partial charge in [-0.3, -0.25) is 4.52 Å². The van der Waals surface area contributed by atoms with Crippen molar-refractivity contribution in [1.29, 1.82) is 0 Å². The normalized spacial score (nSPS) is 14.2. The van der Waals surface area contributed by atoms with Crippen LogP contribution in [0.3, 0.4) is 0 Å². The Hall–Kier alpha value is -0.910. The summed E-state index contributed by atoms with van der Waals surface area (Å²) in [6.07, 6.45) is 3.74. The molecule has 5 nitrogen and oxygen atoms in total. The maximum atomic E-state index is 11.2. The third-order valence-corrected chi connectivity index (χ3v) is 2.19. The van der Waals surface area contributed by atoms with Crippen LogP contribution < -0.4 is 9.79 Å². The maximum Gasteiger partial charge on any atom is 0.320 e. The minimum Gasteiger partial charge on any atom is -0.861 e. The highest BCUT2D eigenvalue weighted by Crippen LogP contribution is 2.08. The molecule has 0 amide bonds. The van der Waals surface area contributed by atoms with E-state index in [-0.39, 0.29) is 16.6 Å². The highest BCUT2D eigenvalue weighted by molar-refractivity contribution is 9.10. The van der Waals surface area contributed by atoms with E-state index in [2.05, 4.69) is 33.1 Å². The smallest absolute Gasteiger partial charge is 0.320 e. The first-order valence-corrected chi connectivity index (χ1v) is 5.81. The van der Waals surface area contributed by atoms with Crippen LogP contribution in [0.1, 0.15) is 26.7 Å². The van der Waals surface area contributed by atoms with E-state index in [1.165, 1.54) is 0 Å². The lowest BCUT2D eigenvalue weighted by Gasteiger charge is -2.09. The Morgan fingerprint density at radius 2 is 2.53 bits per heavy atom. The topological polar surface area (TPSA) is 65.3 Å². The molecule has 0 aliphatic heterocycles. The van der Waals surface area contributed by atoms with Gasteiger partial charge in [-0.2, -0.15) is 0 Å². The van der Waals surface area contributed by atoms with Crippen molar-refractivity contribution in [2.75, 3.05) is 0 Å². The molecule has 1 unspecified atom stereocenters. The lowest BCUT2D eigenvalue weighted by atomic mass is 10.3. The molecule has 1 aromatic heterocycles. The van der Waals surface area contributed by atoms with Gasteiger partial charge in [0.1, 0.15) is 0 Å². The third kappa shape index (κ3) is 3.99. The first-order valence-electron chi connectivity index (χ1n) is 4.89. The second-order valence-electron chi connectivity index (χ2n) is 3.22. The molecule has 0 aromatic carbocycles. The summed E-state index contributed by atoms with van der Waals surface area (Å²) in [5.41, 5.74) is 0. The van der Waals surface area contributed by atoms with Crippen molar-refractivity contribution in [3.63, 3.8) is 0 Å². The van der Waals surface area contributed by atoms with Crippen LogP contribution in [0.2, 0.25) is 0 Å². The van der Waals surface area contributed by atoms with Crippen LogP contribution in [0.15, 0.2) is 15.7 Å². The minimum absolute atomic E-state index is 0.252. The van der Waals surface area contributed by atoms with Crippen molar-refractivity contribution in [2.24, 2.45) is 4.99 Å². The van der Waals surface area contributed by atoms with Gasteiger partial charge >= 0.3 is 5.88 Å². The van der Waals surface area contributed by atoms with Crippen LogP contribution in [0, 0.1) is 0 Å². The van der Waals surface area contributed by atoms with Gasteiger partial charge in [-0.1, -0.05) is 34.0 Å². The number of unbranched alkanes of at least 4 members (excludes halogenated alkanes) is 1. The van der Waals surface area contributed by atoms with Gasteiger partial charge < -0.3 is 5.11 Å².